The Kier molecular flexibility index (Phi) is 15.4. The molecule has 1 heterocycles. The van der Waals surface area contributed by atoms with Crippen molar-refractivity contribution in [3.63, 3.8) is 0 Å². The molecule has 1 aliphatic rings. The quantitative estimate of drug-likeness (QED) is 0.0604. The second-order valence-corrected chi connectivity index (χ2v) is 13.4. The topological polar surface area (TPSA) is 111 Å². The largest absolute Gasteiger partial charge is 0.497 e. The van der Waals surface area contributed by atoms with Crippen molar-refractivity contribution in [2.24, 2.45) is 5.41 Å². The molecule has 0 saturated carbocycles. The van der Waals surface area contributed by atoms with Crippen LogP contribution >= 0.6 is 0 Å². The summed E-state index contributed by atoms with van der Waals surface area (Å²) in [5, 5.41) is 11.9. The highest BCUT2D eigenvalue weighted by Gasteiger charge is 2.56. The van der Waals surface area contributed by atoms with E-state index in [9.17, 15) is 9.90 Å². The monoisotopic (exact) mass is 718 g/mol. The maximum absolute atomic E-state index is 12.6. The van der Waals surface area contributed by atoms with Crippen LogP contribution < -0.4 is 9.47 Å². The lowest BCUT2D eigenvalue weighted by atomic mass is 9.74. The molecule has 1 N–H and O–H groups in total. The first-order valence-corrected chi connectivity index (χ1v) is 17.5. The van der Waals surface area contributed by atoms with Crippen molar-refractivity contribution in [3.05, 3.63) is 119 Å². The Balaban J connectivity index is 1.55. The zero-order valence-corrected chi connectivity index (χ0v) is 31.4. The maximum Gasteiger partial charge on any atom is 0.330 e. The molecule has 0 amide bonds. The molecule has 52 heavy (non-hydrogen) atoms. The van der Waals surface area contributed by atoms with Crippen molar-refractivity contribution in [1.29, 1.82) is 0 Å². The number of ether oxygens (including phenoxy) is 8. The molecule has 4 rings (SSSR count). The summed E-state index contributed by atoms with van der Waals surface area (Å²) in [6, 6.07) is 25.4. The van der Waals surface area contributed by atoms with Gasteiger partial charge >= 0.3 is 5.97 Å². The molecule has 3 aromatic rings. The van der Waals surface area contributed by atoms with Crippen LogP contribution in [0.5, 0.6) is 11.5 Å². The van der Waals surface area contributed by atoms with Gasteiger partial charge in [-0.1, -0.05) is 80.6 Å². The Bertz CT molecular complexity index is 1570. The van der Waals surface area contributed by atoms with Gasteiger partial charge in [-0.15, -0.1) is 0 Å². The molecule has 0 spiro atoms. The highest BCUT2D eigenvalue weighted by Crippen LogP contribution is 2.47. The Hall–Kier alpha value is -4.03. The Morgan fingerprint density at radius 3 is 2.02 bits per heavy atom. The van der Waals surface area contributed by atoms with Crippen LogP contribution in [-0.2, 0) is 53.0 Å². The molecule has 0 unspecified atom stereocenters. The van der Waals surface area contributed by atoms with E-state index in [0.29, 0.717) is 38.4 Å². The fourth-order valence-corrected chi connectivity index (χ4v) is 6.29. The first-order valence-electron chi connectivity index (χ1n) is 17.5. The Labute approximate surface area is 308 Å². The number of esters is 1. The SMILES string of the molecule is COC(=O)/C=C1\C[C@@H](C[C@@H](OCc2ccc(OC)cc2)[C@@H](C)OCc2ccccc2)O[C@@](OC)(C(C)(C)/C=C/COCc2ccc(OC)cc2)[C@H]1O. The predicted octanol–water partition coefficient (Wildman–Crippen LogP) is 6.98. The van der Waals surface area contributed by atoms with Crippen LogP contribution in [0.2, 0.25) is 0 Å². The smallest absolute Gasteiger partial charge is 0.330 e. The summed E-state index contributed by atoms with van der Waals surface area (Å²) in [6.45, 7) is 7.28. The van der Waals surface area contributed by atoms with Crippen molar-refractivity contribution >= 4 is 5.97 Å². The highest BCUT2D eigenvalue weighted by atomic mass is 16.7. The van der Waals surface area contributed by atoms with Gasteiger partial charge < -0.3 is 43.0 Å². The minimum absolute atomic E-state index is 0.250. The van der Waals surface area contributed by atoms with Crippen LogP contribution in [0.1, 0.15) is 50.3 Å². The molecule has 10 heteroatoms. The van der Waals surface area contributed by atoms with E-state index in [2.05, 4.69) is 0 Å². The fraction of sp³-hybridized carbons (Fsp3) is 0.452. The van der Waals surface area contributed by atoms with E-state index in [1.807, 2.05) is 112 Å². The first kappa shape index (κ1) is 40.7. The van der Waals surface area contributed by atoms with Crippen molar-refractivity contribution in [2.75, 3.05) is 35.0 Å². The lowest BCUT2D eigenvalue weighted by molar-refractivity contribution is -0.337. The highest BCUT2D eigenvalue weighted by molar-refractivity contribution is 5.83. The third-order valence-electron chi connectivity index (χ3n) is 9.40. The first-order chi connectivity index (χ1) is 25.0. The number of methoxy groups -OCH3 is 4. The number of aliphatic hydroxyl groups excluding tert-OH is 1. The molecule has 10 nitrogen and oxygen atoms in total. The van der Waals surface area contributed by atoms with Crippen LogP contribution in [0, 0.1) is 5.41 Å². The third kappa shape index (κ3) is 11.0. The van der Waals surface area contributed by atoms with Gasteiger partial charge in [0.15, 0.2) is 0 Å². The molecule has 0 radical (unpaired) electrons. The van der Waals surface area contributed by atoms with E-state index in [0.717, 1.165) is 28.2 Å². The Morgan fingerprint density at radius 1 is 0.865 bits per heavy atom. The molecule has 5 atom stereocenters. The van der Waals surface area contributed by atoms with Crippen LogP contribution in [0.3, 0.4) is 0 Å². The molecular weight excluding hydrogens is 664 g/mol. The summed E-state index contributed by atoms with van der Waals surface area (Å²) >= 11 is 0. The molecular formula is C42H54O10. The number of carbonyl (C=O) groups excluding carboxylic acids is 1. The van der Waals surface area contributed by atoms with Gasteiger partial charge in [0.25, 0.3) is 0 Å². The normalized spacial score (nSPS) is 21.2. The Morgan fingerprint density at radius 2 is 1.44 bits per heavy atom. The molecule has 282 valence electrons. The second kappa shape index (κ2) is 19.7. The number of benzene rings is 3. The summed E-state index contributed by atoms with van der Waals surface area (Å²) in [5.41, 5.74) is 2.57. The predicted molar refractivity (Wildman–Crippen MR) is 198 cm³/mol. The summed E-state index contributed by atoms with van der Waals surface area (Å²) in [6.07, 6.45) is 3.18. The number of carbonyl (C=O) groups is 1. The average molecular weight is 719 g/mol. The lowest BCUT2D eigenvalue weighted by Crippen LogP contribution is -2.62. The zero-order valence-electron chi connectivity index (χ0n) is 31.4. The van der Waals surface area contributed by atoms with Gasteiger partial charge in [-0.3, -0.25) is 0 Å². The molecule has 1 saturated heterocycles. The molecule has 0 bridgehead atoms. The summed E-state index contributed by atoms with van der Waals surface area (Å²) in [7, 11) is 6.07. The van der Waals surface area contributed by atoms with E-state index in [4.69, 9.17) is 37.9 Å². The second-order valence-electron chi connectivity index (χ2n) is 13.4. The van der Waals surface area contributed by atoms with Gasteiger partial charge in [0.05, 0.1) is 66.1 Å². The van der Waals surface area contributed by atoms with E-state index >= 15 is 0 Å². The van der Waals surface area contributed by atoms with Crippen LogP contribution in [0.15, 0.2) is 103 Å². The number of hydrogen-bond acceptors (Lipinski definition) is 10. The average Bonchev–Trinajstić information content (AvgIpc) is 3.17. The summed E-state index contributed by atoms with van der Waals surface area (Å²) in [5.74, 6) is -0.608. The van der Waals surface area contributed by atoms with E-state index < -0.39 is 35.5 Å². The van der Waals surface area contributed by atoms with Gasteiger partial charge in [0.2, 0.25) is 5.79 Å². The van der Waals surface area contributed by atoms with Crippen molar-refractivity contribution in [2.45, 2.75) is 83.6 Å². The number of rotatable bonds is 19. The van der Waals surface area contributed by atoms with Crippen molar-refractivity contribution in [3.8, 4) is 11.5 Å². The molecule has 1 aliphatic heterocycles. The van der Waals surface area contributed by atoms with Gasteiger partial charge in [-0.25, -0.2) is 4.79 Å². The minimum Gasteiger partial charge on any atom is -0.497 e. The van der Waals surface area contributed by atoms with Crippen molar-refractivity contribution < 1.29 is 47.8 Å². The molecule has 1 fully saturated rings. The summed E-state index contributed by atoms with van der Waals surface area (Å²) in [4.78, 5) is 12.6. The minimum atomic E-state index is -1.57. The molecule has 3 aromatic carbocycles. The molecule has 0 aromatic heterocycles. The lowest BCUT2D eigenvalue weighted by Gasteiger charge is -2.52. The third-order valence-corrected chi connectivity index (χ3v) is 9.40. The number of hydrogen-bond donors (Lipinski definition) is 1. The van der Waals surface area contributed by atoms with E-state index in [1.54, 1.807) is 14.2 Å². The van der Waals surface area contributed by atoms with Crippen molar-refractivity contribution in [1.82, 2.24) is 0 Å². The van der Waals surface area contributed by atoms with Gasteiger partial charge in [0.1, 0.15) is 17.6 Å². The van der Waals surface area contributed by atoms with Crippen LogP contribution in [-0.4, -0.2) is 76.3 Å². The van der Waals surface area contributed by atoms with E-state index in [1.165, 1.54) is 20.3 Å². The number of aliphatic hydroxyl groups is 1. The maximum atomic E-state index is 12.6. The standard InChI is InChI=1S/C42H54O10/c1-30(50-28-31-12-9-8-10-13-31)38(51-29-33-16-20-36(46-5)21-17-33)26-37-24-34(25-39(43)47-6)40(44)42(48-7,52-37)41(2,3)22-11-23-49-27-32-14-18-35(45-4)19-15-32/h8-22,25,30,37-38,40,44H,23-24,26-29H2,1-7H3/b22-11+,34-25+/t30-,37+,38-,40+,42-/m1/s1. The summed E-state index contributed by atoms with van der Waals surface area (Å²) < 4.78 is 47.2. The van der Waals surface area contributed by atoms with Crippen LogP contribution in [0.25, 0.3) is 0 Å². The fourth-order valence-electron chi connectivity index (χ4n) is 6.29. The molecule has 0 aliphatic carbocycles. The van der Waals surface area contributed by atoms with E-state index in [-0.39, 0.29) is 12.5 Å². The van der Waals surface area contributed by atoms with Gasteiger partial charge in [-0.2, -0.15) is 0 Å². The van der Waals surface area contributed by atoms with Gasteiger partial charge in [-0.05, 0) is 59.9 Å². The zero-order chi connectivity index (χ0) is 37.6. The van der Waals surface area contributed by atoms with Gasteiger partial charge in [0, 0.05) is 25.0 Å². The van der Waals surface area contributed by atoms with Crippen LogP contribution in [0.4, 0.5) is 0 Å².